The third-order valence-electron chi connectivity index (χ3n) is 3.89. The number of amides is 1. The highest BCUT2D eigenvalue weighted by Gasteiger charge is 2.16. The van der Waals surface area contributed by atoms with Gasteiger partial charge in [-0.05, 0) is 37.5 Å². The molecule has 0 bridgehead atoms. The van der Waals surface area contributed by atoms with Gasteiger partial charge in [-0.1, -0.05) is 38.2 Å². The second kappa shape index (κ2) is 6.60. The lowest BCUT2D eigenvalue weighted by Gasteiger charge is -2.21. The molecule has 0 aliphatic heterocycles. The van der Waals surface area contributed by atoms with Crippen LogP contribution in [-0.4, -0.2) is 11.9 Å². The minimum absolute atomic E-state index is 0.0249. The van der Waals surface area contributed by atoms with E-state index in [0.717, 1.165) is 18.4 Å². The van der Waals surface area contributed by atoms with Gasteiger partial charge in [0.25, 0.3) is 5.91 Å². The summed E-state index contributed by atoms with van der Waals surface area (Å²) in [5, 5.41) is 3.14. The third-order valence-corrected chi connectivity index (χ3v) is 3.89. The molecule has 0 unspecified atom stereocenters. The van der Waals surface area contributed by atoms with E-state index in [0.29, 0.717) is 17.3 Å². The van der Waals surface area contributed by atoms with E-state index in [1.807, 2.05) is 25.1 Å². The van der Waals surface area contributed by atoms with Crippen LogP contribution in [0.4, 0.5) is 5.69 Å². The van der Waals surface area contributed by atoms with Gasteiger partial charge in [-0.2, -0.15) is 0 Å². The fourth-order valence-electron chi connectivity index (χ4n) is 2.75. The van der Waals surface area contributed by atoms with Crippen molar-refractivity contribution in [1.82, 2.24) is 5.32 Å². The molecule has 19 heavy (non-hydrogen) atoms. The SMILES string of the molecule is Cc1ccc(C(=O)NC2CCCCCCC2)c(N)c1. The summed E-state index contributed by atoms with van der Waals surface area (Å²) in [6.07, 6.45) is 8.54. The van der Waals surface area contributed by atoms with Crippen molar-refractivity contribution >= 4 is 11.6 Å². The summed E-state index contributed by atoms with van der Waals surface area (Å²) in [6, 6.07) is 5.92. The van der Waals surface area contributed by atoms with Crippen LogP contribution < -0.4 is 11.1 Å². The van der Waals surface area contributed by atoms with Crippen molar-refractivity contribution in [3.8, 4) is 0 Å². The van der Waals surface area contributed by atoms with Crippen LogP contribution in [0.15, 0.2) is 18.2 Å². The average Bonchev–Trinajstić information content (AvgIpc) is 2.32. The number of aryl methyl sites for hydroxylation is 1. The summed E-state index contributed by atoms with van der Waals surface area (Å²) < 4.78 is 0. The van der Waals surface area contributed by atoms with Crippen LogP contribution in [0.25, 0.3) is 0 Å². The van der Waals surface area contributed by atoms with Gasteiger partial charge in [0.1, 0.15) is 0 Å². The first-order valence-corrected chi connectivity index (χ1v) is 7.34. The lowest BCUT2D eigenvalue weighted by molar-refractivity contribution is 0.0931. The molecule has 1 saturated carbocycles. The molecule has 0 spiro atoms. The molecule has 0 atom stereocenters. The highest BCUT2D eigenvalue weighted by Crippen LogP contribution is 2.19. The third kappa shape index (κ3) is 3.98. The lowest BCUT2D eigenvalue weighted by Crippen LogP contribution is -2.35. The molecule has 3 nitrogen and oxygen atoms in total. The Balaban J connectivity index is 1.99. The number of hydrogen-bond acceptors (Lipinski definition) is 2. The van der Waals surface area contributed by atoms with Crippen LogP contribution >= 0.6 is 0 Å². The van der Waals surface area contributed by atoms with Crippen molar-refractivity contribution in [2.75, 3.05) is 5.73 Å². The van der Waals surface area contributed by atoms with Crippen LogP contribution in [-0.2, 0) is 0 Å². The van der Waals surface area contributed by atoms with E-state index in [9.17, 15) is 4.79 Å². The summed E-state index contributed by atoms with van der Waals surface area (Å²) in [7, 11) is 0. The minimum Gasteiger partial charge on any atom is -0.398 e. The maximum Gasteiger partial charge on any atom is 0.253 e. The molecule has 0 heterocycles. The maximum absolute atomic E-state index is 12.3. The zero-order valence-electron chi connectivity index (χ0n) is 11.7. The van der Waals surface area contributed by atoms with Gasteiger partial charge in [0, 0.05) is 11.7 Å². The number of carbonyl (C=O) groups is 1. The van der Waals surface area contributed by atoms with Crippen molar-refractivity contribution in [2.24, 2.45) is 0 Å². The van der Waals surface area contributed by atoms with E-state index in [1.54, 1.807) is 0 Å². The minimum atomic E-state index is -0.0249. The Morgan fingerprint density at radius 2 is 1.79 bits per heavy atom. The summed E-state index contributed by atoms with van der Waals surface area (Å²) >= 11 is 0. The van der Waals surface area contributed by atoms with E-state index in [-0.39, 0.29) is 5.91 Å². The number of nitrogens with one attached hydrogen (secondary N) is 1. The Morgan fingerprint density at radius 3 is 2.42 bits per heavy atom. The quantitative estimate of drug-likeness (QED) is 0.800. The molecule has 3 N–H and O–H groups in total. The van der Waals surface area contributed by atoms with Crippen molar-refractivity contribution in [3.63, 3.8) is 0 Å². The number of nitrogen functional groups attached to an aromatic ring is 1. The zero-order valence-corrected chi connectivity index (χ0v) is 11.7. The zero-order chi connectivity index (χ0) is 13.7. The van der Waals surface area contributed by atoms with Crippen LogP contribution in [0, 0.1) is 6.92 Å². The van der Waals surface area contributed by atoms with E-state index in [4.69, 9.17) is 5.73 Å². The molecule has 1 aliphatic carbocycles. The fourth-order valence-corrected chi connectivity index (χ4v) is 2.75. The second-order valence-electron chi connectivity index (χ2n) is 5.61. The number of benzene rings is 1. The molecule has 0 saturated heterocycles. The van der Waals surface area contributed by atoms with Gasteiger partial charge in [-0.3, -0.25) is 4.79 Å². The molecule has 1 aromatic carbocycles. The molecule has 1 aromatic rings. The van der Waals surface area contributed by atoms with E-state index < -0.39 is 0 Å². The highest BCUT2D eigenvalue weighted by atomic mass is 16.1. The average molecular weight is 260 g/mol. The van der Waals surface area contributed by atoms with Crippen LogP contribution in [0.3, 0.4) is 0 Å². The molecule has 2 rings (SSSR count). The Morgan fingerprint density at radius 1 is 1.16 bits per heavy atom. The van der Waals surface area contributed by atoms with E-state index >= 15 is 0 Å². The van der Waals surface area contributed by atoms with Gasteiger partial charge < -0.3 is 11.1 Å². The molecular formula is C16H24N2O. The Labute approximate surface area is 115 Å². The number of hydrogen-bond donors (Lipinski definition) is 2. The summed E-state index contributed by atoms with van der Waals surface area (Å²) in [5.74, 6) is -0.0249. The maximum atomic E-state index is 12.3. The molecular weight excluding hydrogens is 236 g/mol. The number of rotatable bonds is 2. The van der Waals surface area contributed by atoms with Gasteiger partial charge in [0.15, 0.2) is 0 Å². The Hall–Kier alpha value is -1.51. The van der Waals surface area contributed by atoms with Crippen molar-refractivity contribution < 1.29 is 4.79 Å². The van der Waals surface area contributed by atoms with E-state index in [1.165, 1.54) is 32.1 Å². The van der Waals surface area contributed by atoms with Gasteiger partial charge in [0.2, 0.25) is 0 Å². The van der Waals surface area contributed by atoms with E-state index in [2.05, 4.69) is 5.32 Å². The van der Waals surface area contributed by atoms with Gasteiger partial charge in [-0.15, -0.1) is 0 Å². The lowest BCUT2D eigenvalue weighted by atomic mass is 9.96. The molecule has 1 aliphatic rings. The van der Waals surface area contributed by atoms with Gasteiger partial charge in [-0.25, -0.2) is 0 Å². The topological polar surface area (TPSA) is 55.1 Å². The molecule has 1 amide bonds. The van der Waals surface area contributed by atoms with Gasteiger partial charge in [0.05, 0.1) is 5.56 Å². The molecule has 0 aromatic heterocycles. The fraction of sp³-hybridized carbons (Fsp3) is 0.562. The molecule has 104 valence electrons. The summed E-state index contributed by atoms with van der Waals surface area (Å²) in [5.41, 5.74) is 8.18. The van der Waals surface area contributed by atoms with Crippen LogP contribution in [0.5, 0.6) is 0 Å². The van der Waals surface area contributed by atoms with Crippen molar-refractivity contribution in [2.45, 2.75) is 57.9 Å². The predicted molar refractivity (Wildman–Crippen MR) is 79.2 cm³/mol. The number of carbonyl (C=O) groups excluding carboxylic acids is 1. The molecule has 1 fully saturated rings. The Bertz CT molecular complexity index is 434. The van der Waals surface area contributed by atoms with Crippen LogP contribution in [0.2, 0.25) is 0 Å². The van der Waals surface area contributed by atoms with Crippen molar-refractivity contribution in [1.29, 1.82) is 0 Å². The summed E-state index contributed by atoms with van der Waals surface area (Å²) in [4.78, 5) is 12.3. The normalized spacial score (nSPS) is 17.5. The Kier molecular flexibility index (Phi) is 4.83. The largest absolute Gasteiger partial charge is 0.398 e. The first-order valence-electron chi connectivity index (χ1n) is 7.34. The smallest absolute Gasteiger partial charge is 0.253 e. The molecule has 0 radical (unpaired) electrons. The van der Waals surface area contributed by atoms with Crippen molar-refractivity contribution in [3.05, 3.63) is 29.3 Å². The highest BCUT2D eigenvalue weighted by molar-refractivity contribution is 5.99. The van der Waals surface area contributed by atoms with Gasteiger partial charge >= 0.3 is 0 Å². The second-order valence-corrected chi connectivity index (χ2v) is 5.61. The number of anilines is 1. The first-order chi connectivity index (χ1) is 9.16. The summed E-state index contributed by atoms with van der Waals surface area (Å²) in [6.45, 7) is 1.98. The predicted octanol–water partition coefficient (Wildman–Crippen LogP) is 3.42. The first kappa shape index (κ1) is 13.9. The molecule has 3 heteroatoms. The standard InChI is InChI=1S/C16H24N2O/c1-12-9-10-14(15(17)11-12)16(19)18-13-7-5-3-2-4-6-8-13/h9-11,13H,2-8,17H2,1H3,(H,18,19). The van der Waals surface area contributed by atoms with Crippen LogP contribution in [0.1, 0.15) is 60.9 Å². The number of nitrogens with two attached hydrogens (primary N) is 1. The monoisotopic (exact) mass is 260 g/mol.